The molecule has 0 aliphatic carbocycles. The Morgan fingerprint density at radius 2 is 2.00 bits per heavy atom. The number of hydrogen-bond acceptors (Lipinski definition) is 7. The number of nitrogens with one attached hydrogen (secondary N) is 1. The van der Waals surface area contributed by atoms with Crippen LogP contribution >= 0.6 is 0 Å². The number of rotatable bonds is 9. The van der Waals surface area contributed by atoms with Gasteiger partial charge in [-0.3, -0.25) is 4.79 Å². The van der Waals surface area contributed by atoms with E-state index >= 15 is 0 Å². The molecule has 1 aliphatic rings. The quantitative estimate of drug-likeness (QED) is 0.578. The highest BCUT2D eigenvalue weighted by molar-refractivity contribution is 7.89. The van der Waals surface area contributed by atoms with Crippen LogP contribution in [0.1, 0.15) is 20.3 Å². The molecule has 9 nitrogen and oxygen atoms in total. The zero-order valence-corrected chi connectivity index (χ0v) is 16.9. The lowest BCUT2D eigenvalue weighted by Gasteiger charge is -2.23. The number of nitrogens with zero attached hydrogens (tertiary/aromatic N) is 1. The number of carbonyl (C=O) groups is 2. The number of nitrogen functional groups attached to an aromatic ring is 1. The Morgan fingerprint density at radius 1 is 1.32 bits per heavy atom. The number of sulfonamides is 1. The van der Waals surface area contributed by atoms with Gasteiger partial charge in [0.25, 0.3) is 0 Å². The minimum absolute atomic E-state index is 0.0108. The van der Waals surface area contributed by atoms with Crippen LogP contribution in [0.3, 0.4) is 0 Å². The van der Waals surface area contributed by atoms with E-state index in [0.29, 0.717) is 25.3 Å². The standard InChI is InChI=1S/C18H27N3O6S/c1-13(2)10-21(28(24,25)17-5-3-14(19)4-6-17)11-15(22)9-20-18(23)27-16-7-8-26-12-16/h3-6,13,16H,7-12,19H2,1-2H3,(H,20,23)/t16-/m0/s1. The van der Waals surface area contributed by atoms with Gasteiger partial charge in [-0.05, 0) is 30.2 Å². The summed E-state index contributed by atoms with van der Waals surface area (Å²) in [7, 11) is -3.87. The number of carbonyl (C=O) groups excluding carboxylic acids is 2. The number of nitrogens with two attached hydrogens (primary N) is 1. The fourth-order valence-electron chi connectivity index (χ4n) is 2.67. The molecule has 0 spiro atoms. The minimum atomic E-state index is -3.87. The lowest BCUT2D eigenvalue weighted by atomic mass is 10.2. The van der Waals surface area contributed by atoms with E-state index in [0.717, 1.165) is 4.31 Å². The number of ketones is 1. The summed E-state index contributed by atoms with van der Waals surface area (Å²) in [6.07, 6.45) is -0.428. The molecule has 1 amide bonds. The molecule has 0 unspecified atom stereocenters. The van der Waals surface area contributed by atoms with Gasteiger partial charge in [-0.1, -0.05) is 13.8 Å². The van der Waals surface area contributed by atoms with E-state index < -0.39 is 21.9 Å². The van der Waals surface area contributed by atoms with Crippen LogP contribution in [0.4, 0.5) is 10.5 Å². The second kappa shape index (κ2) is 9.85. The van der Waals surface area contributed by atoms with Gasteiger partial charge in [0, 0.05) is 18.7 Å². The van der Waals surface area contributed by atoms with E-state index in [1.165, 1.54) is 24.3 Å². The molecule has 0 radical (unpaired) electrons. The van der Waals surface area contributed by atoms with Gasteiger partial charge in [0.2, 0.25) is 10.0 Å². The van der Waals surface area contributed by atoms with Crippen LogP contribution in [0.2, 0.25) is 0 Å². The average molecular weight is 413 g/mol. The molecule has 3 N–H and O–H groups in total. The van der Waals surface area contributed by atoms with E-state index in [4.69, 9.17) is 15.2 Å². The van der Waals surface area contributed by atoms with E-state index in [2.05, 4.69) is 5.32 Å². The van der Waals surface area contributed by atoms with Crippen LogP contribution in [0.25, 0.3) is 0 Å². The summed E-state index contributed by atoms with van der Waals surface area (Å²) in [4.78, 5) is 24.1. The Balaban J connectivity index is 1.97. The van der Waals surface area contributed by atoms with Crippen molar-refractivity contribution >= 4 is 27.6 Å². The number of hydrogen-bond donors (Lipinski definition) is 2. The van der Waals surface area contributed by atoms with E-state index in [1.807, 2.05) is 13.8 Å². The first-order valence-electron chi connectivity index (χ1n) is 9.08. The number of benzene rings is 1. The third-order valence-electron chi connectivity index (χ3n) is 4.03. The molecule has 1 aromatic carbocycles. The number of alkyl carbamates (subject to hydrolysis) is 1. The minimum Gasteiger partial charge on any atom is -0.444 e. The smallest absolute Gasteiger partial charge is 0.407 e. The van der Waals surface area contributed by atoms with Crippen molar-refractivity contribution in [2.45, 2.75) is 31.3 Å². The summed E-state index contributed by atoms with van der Waals surface area (Å²) in [6.45, 7) is 4.08. The lowest BCUT2D eigenvalue weighted by Crippen LogP contribution is -2.42. The third-order valence-corrected chi connectivity index (χ3v) is 5.86. The number of amides is 1. The van der Waals surface area contributed by atoms with Crippen LogP contribution in [0.5, 0.6) is 0 Å². The topological polar surface area (TPSA) is 128 Å². The lowest BCUT2D eigenvalue weighted by molar-refractivity contribution is -0.118. The van der Waals surface area contributed by atoms with Crippen molar-refractivity contribution in [2.24, 2.45) is 5.92 Å². The predicted molar refractivity (Wildman–Crippen MR) is 103 cm³/mol. The first-order chi connectivity index (χ1) is 13.2. The monoisotopic (exact) mass is 413 g/mol. The van der Waals surface area contributed by atoms with Gasteiger partial charge >= 0.3 is 6.09 Å². The molecule has 10 heteroatoms. The normalized spacial score (nSPS) is 17.1. The van der Waals surface area contributed by atoms with Crippen molar-refractivity contribution in [3.8, 4) is 0 Å². The highest BCUT2D eigenvalue weighted by atomic mass is 32.2. The molecule has 1 heterocycles. The van der Waals surface area contributed by atoms with Gasteiger partial charge in [0.05, 0.1) is 31.2 Å². The molecule has 0 saturated carbocycles. The molecule has 2 rings (SSSR count). The zero-order valence-electron chi connectivity index (χ0n) is 16.1. The molecule has 1 atom stereocenters. The van der Waals surface area contributed by atoms with Crippen LogP contribution in [-0.4, -0.2) is 63.6 Å². The summed E-state index contributed by atoms with van der Waals surface area (Å²) >= 11 is 0. The Kier molecular flexibility index (Phi) is 7.78. The Bertz CT molecular complexity index is 773. The number of Topliss-reactive ketones (excluding diaryl/α,β-unsaturated/α-hetero) is 1. The third kappa shape index (κ3) is 6.47. The van der Waals surface area contributed by atoms with Crippen molar-refractivity contribution in [3.63, 3.8) is 0 Å². The van der Waals surface area contributed by atoms with Crippen molar-refractivity contribution in [2.75, 3.05) is 38.6 Å². The second-order valence-electron chi connectivity index (χ2n) is 7.04. The molecule has 28 heavy (non-hydrogen) atoms. The summed E-state index contributed by atoms with van der Waals surface area (Å²) in [5.74, 6) is -0.434. The Hall–Kier alpha value is -2.17. The molecular weight excluding hydrogens is 386 g/mol. The van der Waals surface area contributed by atoms with Gasteiger partial charge in [-0.15, -0.1) is 0 Å². The number of ether oxygens (including phenoxy) is 2. The van der Waals surface area contributed by atoms with Crippen LogP contribution in [0, 0.1) is 5.92 Å². The first kappa shape index (κ1) is 22.1. The second-order valence-corrected chi connectivity index (χ2v) is 8.98. The summed E-state index contributed by atoms with van der Waals surface area (Å²) < 4.78 is 37.1. The van der Waals surface area contributed by atoms with Crippen LogP contribution in [0.15, 0.2) is 29.2 Å². The zero-order chi connectivity index (χ0) is 20.7. The molecule has 1 aliphatic heterocycles. The van der Waals surface area contributed by atoms with Crippen molar-refractivity contribution < 1.29 is 27.5 Å². The van der Waals surface area contributed by atoms with Gasteiger partial charge < -0.3 is 20.5 Å². The molecule has 156 valence electrons. The molecule has 1 saturated heterocycles. The van der Waals surface area contributed by atoms with Gasteiger partial charge in [0.1, 0.15) is 6.10 Å². The largest absolute Gasteiger partial charge is 0.444 e. The van der Waals surface area contributed by atoms with Crippen molar-refractivity contribution in [1.29, 1.82) is 0 Å². The average Bonchev–Trinajstić information content (AvgIpc) is 3.12. The molecule has 0 bridgehead atoms. The van der Waals surface area contributed by atoms with E-state index in [1.54, 1.807) is 0 Å². The van der Waals surface area contributed by atoms with E-state index in [9.17, 15) is 18.0 Å². The molecule has 0 aromatic heterocycles. The molecule has 1 fully saturated rings. The van der Waals surface area contributed by atoms with Crippen molar-refractivity contribution in [1.82, 2.24) is 9.62 Å². The maximum absolute atomic E-state index is 12.9. The maximum atomic E-state index is 12.9. The number of anilines is 1. The van der Waals surface area contributed by atoms with Crippen LogP contribution < -0.4 is 11.1 Å². The highest BCUT2D eigenvalue weighted by Crippen LogP contribution is 2.18. The SMILES string of the molecule is CC(C)CN(CC(=O)CNC(=O)O[C@H]1CCOC1)S(=O)(=O)c1ccc(N)cc1. The van der Waals surface area contributed by atoms with Crippen molar-refractivity contribution in [3.05, 3.63) is 24.3 Å². The van der Waals surface area contributed by atoms with Gasteiger partial charge in [-0.2, -0.15) is 4.31 Å². The maximum Gasteiger partial charge on any atom is 0.407 e. The first-order valence-corrected chi connectivity index (χ1v) is 10.5. The Morgan fingerprint density at radius 3 is 2.57 bits per heavy atom. The fraction of sp³-hybridized carbons (Fsp3) is 0.556. The summed E-state index contributed by atoms with van der Waals surface area (Å²) in [5, 5.41) is 2.36. The highest BCUT2D eigenvalue weighted by Gasteiger charge is 2.27. The van der Waals surface area contributed by atoms with Gasteiger partial charge in [-0.25, -0.2) is 13.2 Å². The van der Waals surface area contributed by atoms with Crippen LogP contribution in [-0.2, 0) is 24.3 Å². The van der Waals surface area contributed by atoms with Gasteiger partial charge in [0.15, 0.2) is 5.78 Å². The van der Waals surface area contributed by atoms with E-state index in [-0.39, 0.29) is 36.6 Å². The Labute approximate surface area is 165 Å². The fourth-order valence-corrected chi connectivity index (χ4v) is 4.25. The summed E-state index contributed by atoms with van der Waals surface area (Å²) in [5.41, 5.74) is 6.06. The summed E-state index contributed by atoms with van der Waals surface area (Å²) in [6, 6.07) is 5.79. The molecule has 1 aromatic rings. The predicted octanol–water partition coefficient (Wildman–Crippen LogP) is 1.000. The molecular formula is C18H27N3O6S.